The summed E-state index contributed by atoms with van der Waals surface area (Å²) in [5.41, 5.74) is -0.161. The van der Waals surface area contributed by atoms with E-state index in [0.29, 0.717) is 12.1 Å². The maximum Gasteiger partial charge on any atom is 0.325 e. The molecule has 7 nitrogen and oxygen atoms in total. The van der Waals surface area contributed by atoms with E-state index in [9.17, 15) is 9.59 Å². The third-order valence-corrected chi connectivity index (χ3v) is 3.77. The highest BCUT2D eigenvalue weighted by molar-refractivity contribution is 6.07. The lowest BCUT2D eigenvalue weighted by atomic mass is 9.77. The molecule has 0 unspecified atom stereocenters. The third-order valence-electron chi connectivity index (χ3n) is 3.77. The van der Waals surface area contributed by atoms with Crippen molar-refractivity contribution in [3.8, 4) is 6.07 Å². The molecule has 1 saturated carbocycles. The van der Waals surface area contributed by atoms with Crippen molar-refractivity contribution in [1.29, 1.82) is 5.26 Å². The van der Waals surface area contributed by atoms with Crippen LogP contribution in [0.3, 0.4) is 0 Å². The highest BCUT2D eigenvalue weighted by Gasteiger charge is 2.54. The Hall–Kier alpha value is -2.36. The molecule has 0 bridgehead atoms. The van der Waals surface area contributed by atoms with Gasteiger partial charge in [0.25, 0.3) is 5.91 Å². The first-order valence-electron chi connectivity index (χ1n) is 6.21. The molecular formula is C12H13N5O2. The lowest BCUT2D eigenvalue weighted by molar-refractivity contribution is -0.134. The van der Waals surface area contributed by atoms with Gasteiger partial charge in [-0.25, -0.2) is 4.79 Å². The molecule has 1 spiro atoms. The number of nitriles is 1. The lowest BCUT2D eigenvalue weighted by Gasteiger charge is -2.34. The van der Waals surface area contributed by atoms with Gasteiger partial charge in [-0.15, -0.1) is 0 Å². The number of urea groups is 1. The fraction of sp³-hybridized carbons (Fsp3) is 0.500. The standard InChI is InChI=1S/C12H13N5O2/c13-6-9-7-14-16(8-9)4-5-17-10(18)12(2-1-3-12)15-11(17)19/h7-8H,1-5H2,(H,15,19). The van der Waals surface area contributed by atoms with Gasteiger partial charge in [-0.3, -0.25) is 14.4 Å². The molecule has 0 aromatic carbocycles. The highest BCUT2D eigenvalue weighted by atomic mass is 16.2. The van der Waals surface area contributed by atoms with Gasteiger partial charge in [-0.1, -0.05) is 0 Å². The van der Waals surface area contributed by atoms with Crippen LogP contribution in [-0.2, 0) is 11.3 Å². The number of carbonyl (C=O) groups is 2. The van der Waals surface area contributed by atoms with E-state index >= 15 is 0 Å². The predicted molar refractivity (Wildman–Crippen MR) is 63.8 cm³/mol. The van der Waals surface area contributed by atoms with Crippen LogP contribution in [0, 0.1) is 11.3 Å². The molecule has 1 aromatic rings. The summed E-state index contributed by atoms with van der Waals surface area (Å²) in [5.74, 6) is -0.128. The van der Waals surface area contributed by atoms with E-state index in [1.807, 2.05) is 6.07 Å². The van der Waals surface area contributed by atoms with Crippen molar-refractivity contribution in [2.75, 3.05) is 6.54 Å². The fourth-order valence-corrected chi connectivity index (χ4v) is 2.49. The van der Waals surface area contributed by atoms with Gasteiger partial charge >= 0.3 is 6.03 Å². The second-order valence-corrected chi connectivity index (χ2v) is 4.93. The highest BCUT2D eigenvalue weighted by Crippen LogP contribution is 2.37. The van der Waals surface area contributed by atoms with Crippen LogP contribution in [0.5, 0.6) is 0 Å². The number of nitrogens with one attached hydrogen (secondary N) is 1. The summed E-state index contributed by atoms with van der Waals surface area (Å²) < 4.78 is 1.56. The molecule has 2 aliphatic rings. The number of carbonyl (C=O) groups excluding carboxylic acids is 2. The van der Waals surface area contributed by atoms with Crippen LogP contribution in [0.1, 0.15) is 24.8 Å². The number of hydrogen-bond acceptors (Lipinski definition) is 4. The predicted octanol–water partition coefficient (Wildman–Crippen LogP) is 0.229. The summed E-state index contributed by atoms with van der Waals surface area (Å²) >= 11 is 0. The molecular weight excluding hydrogens is 246 g/mol. The molecule has 1 aromatic heterocycles. The van der Waals surface area contributed by atoms with Gasteiger partial charge in [0.15, 0.2) is 0 Å². The summed E-state index contributed by atoms with van der Waals surface area (Å²) in [6.45, 7) is 0.676. The van der Waals surface area contributed by atoms with Gasteiger partial charge in [-0.2, -0.15) is 10.4 Å². The van der Waals surface area contributed by atoms with Gasteiger partial charge in [0.1, 0.15) is 11.6 Å². The van der Waals surface area contributed by atoms with Crippen LogP contribution in [0.4, 0.5) is 4.79 Å². The normalized spacial score (nSPS) is 20.3. The smallest absolute Gasteiger partial charge is 0.323 e. The first kappa shape index (κ1) is 11.7. The Labute approximate surface area is 109 Å². The Morgan fingerprint density at radius 3 is 2.74 bits per heavy atom. The van der Waals surface area contributed by atoms with Crippen LogP contribution in [0.25, 0.3) is 0 Å². The molecule has 98 valence electrons. The molecule has 19 heavy (non-hydrogen) atoms. The number of imide groups is 1. The summed E-state index contributed by atoms with van der Waals surface area (Å²) in [6.07, 6.45) is 5.49. The molecule has 1 N–H and O–H groups in total. The molecule has 2 heterocycles. The van der Waals surface area contributed by atoms with Crippen molar-refractivity contribution in [3.63, 3.8) is 0 Å². The molecule has 0 radical (unpaired) electrons. The first-order chi connectivity index (χ1) is 9.14. The Kier molecular flexibility index (Phi) is 2.52. The van der Waals surface area contributed by atoms with E-state index in [1.54, 1.807) is 10.9 Å². The zero-order valence-corrected chi connectivity index (χ0v) is 10.3. The second-order valence-electron chi connectivity index (χ2n) is 4.93. The number of amides is 3. The van der Waals surface area contributed by atoms with Gasteiger partial charge in [0.05, 0.1) is 24.8 Å². The largest absolute Gasteiger partial charge is 0.325 e. The van der Waals surface area contributed by atoms with Crippen LogP contribution in [-0.4, -0.2) is 38.7 Å². The van der Waals surface area contributed by atoms with Gasteiger partial charge in [-0.05, 0) is 19.3 Å². The van der Waals surface area contributed by atoms with Crippen LogP contribution in [0.2, 0.25) is 0 Å². The van der Waals surface area contributed by atoms with E-state index in [2.05, 4.69) is 10.4 Å². The third kappa shape index (κ3) is 1.76. The van der Waals surface area contributed by atoms with Crippen molar-refractivity contribution in [2.24, 2.45) is 0 Å². The van der Waals surface area contributed by atoms with Crippen LogP contribution >= 0.6 is 0 Å². The minimum Gasteiger partial charge on any atom is -0.323 e. The molecule has 2 fully saturated rings. The van der Waals surface area contributed by atoms with E-state index in [-0.39, 0.29) is 18.5 Å². The fourth-order valence-electron chi connectivity index (χ4n) is 2.49. The Morgan fingerprint density at radius 1 is 1.42 bits per heavy atom. The quantitative estimate of drug-likeness (QED) is 0.786. The monoisotopic (exact) mass is 259 g/mol. The first-order valence-corrected chi connectivity index (χ1v) is 6.21. The van der Waals surface area contributed by atoms with E-state index < -0.39 is 5.54 Å². The minimum absolute atomic E-state index is 0.128. The SMILES string of the molecule is N#Cc1cnn(CCN2C(=O)NC3(CCC3)C2=O)c1. The summed E-state index contributed by atoms with van der Waals surface area (Å²) in [6, 6.07) is 1.66. The second kappa shape index (κ2) is 4.09. The van der Waals surface area contributed by atoms with Crippen LogP contribution < -0.4 is 5.32 Å². The number of aromatic nitrogens is 2. The molecule has 0 atom stereocenters. The van der Waals surface area contributed by atoms with Gasteiger partial charge in [0, 0.05) is 6.20 Å². The molecule has 1 saturated heterocycles. The number of nitrogens with zero attached hydrogens (tertiary/aromatic N) is 4. The summed E-state index contributed by atoms with van der Waals surface area (Å²) in [7, 11) is 0. The number of rotatable bonds is 3. The van der Waals surface area contributed by atoms with E-state index in [0.717, 1.165) is 19.3 Å². The van der Waals surface area contributed by atoms with Crippen LogP contribution in [0.15, 0.2) is 12.4 Å². The minimum atomic E-state index is -0.626. The van der Waals surface area contributed by atoms with Gasteiger partial charge < -0.3 is 5.32 Å². The average Bonchev–Trinajstić information content (AvgIpc) is 2.90. The molecule has 3 amide bonds. The van der Waals surface area contributed by atoms with Crippen molar-refractivity contribution in [3.05, 3.63) is 18.0 Å². The maximum absolute atomic E-state index is 12.2. The van der Waals surface area contributed by atoms with Crippen molar-refractivity contribution >= 4 is 11.9 Å². The van der Waals surface area contributed by atoms with E-state index in [4.69, 9.17) is 5.26 Å². The van der Waals surface area contributed by atoms with Crippen molar-refractivity contribution in [1.82, 2.24) is 20.0 Å². The molecule has 7 heteroatoms. The Balaban J connectivity index is 1.65. The Morgan fingerprint density at radius 2 is 2.21 bits per heavy atom. The summed E-state index contributed by atoms with van der Waals surface area (Å²) in [4.78, 5) is 25.2. The van der Waals surface area contributed by atoms with Crippen molar-refractivity contribution in [2.45, 2.75) is 31.3 Å². The topological polar surface area (TPSA) is 91.0 Å². The molecule has 3 rings (SSSR count). The zero-order chi connectivity index (χ0) is 13.5. The van der Waals surface area contributed by atoms with E-state index in [1.165, 1.54) is 11.1 Å². The Bertz CT molecular complexity index is 581. The summed E-state index contributed by atoms with van der Waals surface area (Å²) in [5, 5.41) is 15.5. The number of hydrogen-bond donors (Lipinski definition) is 1. The average molecular weight is 259 g/mol. The lowest BCUT2D eigenvalue weighted by Crippen LogP contribution is -2.52. The zero-order valence-electron chi connectivity index (χ0n) is 10.3. The molecule has 1 aliphatic carbocycles. The van der Waals surface area contributed by atoms with Gasteiger partial charge in [0.2, 0.25) is 0 Å². The molecule has 1 aliphatic heterocycles. The maximum atomic E-state index is 12.2. The van der Waals surface area contributed by atoms with Crippen molar-refractivity contribution < 1.29 is 9.59 Å².